The summed E-state index contributed by atoms with van der Waals surface area (Å²) in [5.74, 6) is 1.12. The van der Waals surface area contributed by atoms with Gasteiger partial charge in [-0.05, 0) is 30.3 Å². The first kappa shape index (κ1) is 52.5. The second kappa shape index (κ2) is 32.1. The van der Waals surface area contributed by atoms with Gasteiger partial charge in [0.1, 0.15) is 19.0 Å². The lowest BCUT2D eigenvalue weighted by atomic mass is 10.3. The number of ether oxygens (including phenoxy) is 5. The van der Waals surface area contributed by atoms with E-state index in [1.165, 1.54) is 36.4 Å². The van der Waals surface area contributed by atoms with Gasteiger partial charge in [-0.25, -0.2) is 0 Å². The van der Waals surface area contributed by atoms with Crippen molar-refractivity contribution >= 4 is 70.5 Å². The summed E-state index contributed by atoms with van der Waals surface area (Å²) in [4.78, 5) is 34.4. The summed E-state index contributed by atoms with van der Waals surface area (Å²) in [5.41, 5.74) is 6.23. The van der Waals surface area contributed by atoms with Gasteiger partial charge in [-0.2, -0.15) is 0 Å². The van der Waals surface area contributed by atoms with Crippen molar-refractivity contribution in [3.63, 3.8) is 0 Å². The number of anilines is 1. The van der Waals surface area contributed by atoms with Crippen LogP contribution in [-0.4, -0.2) is 131 Å². The number of nitrogens with two attached hydrogens (primary N) is 1. The number of para-hydroxylation sites is 8. The number of morpholine rings is 2. The van der Waals surface area contributed by atoms with Gasteiger partial charge in [-0.15, -0.1) is 0 Å². The highest BCUT2D eigenvalue weighted by molar-refractivity contribution is 9.12. The van der Waals surface area contributed by atoms with Crippen molar-refractivity contribution in [1.29, 1.82) is 0 Å². The number of phenolic OH excluding ortho intramolecular Hbond substituents is 1. The molecule has 2 aliphatic heterocycles. The van der Waals surface area contributed by atoms with Crippen molar-refractivity contribution < 1.29 is 43.6 Å². The number of hydrogen-bond acceptors (Lipinski definition) is 15. The maximum Gasteiger partial charge on any atom is 0.310 e. The van der Waals surface area contributed by atoms with Gasteiger partial charge in [0.15, 0.2) is 17.2 Å². The highest BCUT2D eigenvalue weighted by Crippen LogP contribution is 2.27. The van der Waals surface area contributed by atoms with E-state index in [0.717, 1.165) is 82.1 Å². The second-order valence-electron chi connectivity index (χ2n) is 12.3. The number of nitro benzene ring substituents is 3. The number of hydrogen-bond donors (Lipinski definition) is 2. The molecule has 2 aliphatic rings. The molecule has 21 heteroatoms. The van der Waals surface area contributed by atoms with Gasteiger partial charge in [0, 0.05) is 73.5 Å². The Morgan fingerprint density at radius 2 is 0.902 bits per heavy atom. The van der Waals surface area contributed by atoms with Gasteiger partial charge in [0.05, 0.1) is 53.5 Å². The quantitative estimate of drug-likeness (QED) is 0.0502. The molecule has 4 aromatic rings. The number of benzene rings is 4. The van der Waals surface area contributed by atoms with Gasteiger partial charge < -0.3 is 34.5 Å². The van der Waals surface area contributed by atoms with Crippen LogP contribution in [0.1, 0.15) is 0 Å². The molecular formula is C40H51Br3N6O12. The minimum absolute atomic E-state index is 0.00319. The molecule has 0 saturated carbocycles. The van der Waals surface area contributed by atoms with E-state index in [4.69, 9.17) is 34.5 Å². The third-order valence-corrected chi connectivity index (χ3v) is 10.2. The van der Waals surface area contributed by atoms with Gasteiger partial charge >= 0.3 is 17.1 Å². The lowest BCUT2D eigenvalue weighted by Crippen LogP contribution is -2.38. The zero-order valence-corrected chi connectivity index (χ0v) is 38.2. The molecule has 0 spiro atoms. The van der Waals surface area contributed by atoms with Crippen LogP contribution >= 0.6 is 47.8 Å². The number of nitro groups is 3. The Labute approximate surface area is 379 Å². The van der Waals surface area contributed by atoms with E-state index in [-0.39, 0.29) is 22.8 Å². The van der Waals surface area contributed by atoms with E-state index >= 15 is 0 Å². The van der Waals surface area contributed by atoms with Crippen LogP contribution in [0.25, 0.3) is 0 Å². The molecule has 334 valence electrons. The van der Waals surface area contributed by atoms with Crippen LogP contribution < -0.4 is 19.9 Å². The van der Waals surface area contributed by atoms with Crippen molar-refractivity contribution in [2.45, 2.75) is 0 Å². The van der Waals surface area contributed by atoms with Gasteiger partial charge in [0.2, 0.25) is 0 Å². The Morgan fingerprint density at radius 1 is 0.541 bits per heavy atom. The molecule has 0 amide bonds. The zero-order chi connectivity index (χ0) is 44.7. The molecule has 0 aromatic heterocycles. The Morgan fingerprint density at radius 3 is 1.28 bits per heavy atom. The molecule has 18 nitrogen and oxygen atoms in total. The Kier molecular flexibility index (Phi) is 27.6. The summed E-state index contributed by atoms with van der Waals surface area (Å²) >= 11 is 9.58. The summed E-state index contributed by atoms with van der Waals surface area (Å²) in [6.07, 6.45) is 0. The topological polar surface area (TPSA) is 228 Å². The van der Waals surface area contributed by atoms with E-state index in [1.54, 1.807) is 36.4 Å². The molecule has 2 heterocycles. The van der Waals surface area contributed by atoms with Gasteiger partial charge in [0.25, 0.3) is 0 Å². The van der Waals surface area contributed by atoms with Crippen LogP contribution in [0.4, 0.5) is 22.7 Å². The predicted molar refractivity (Wildman–Crippen MR) is 244 cm³/mol. The lowest BCUT2D eigenvalue weighted by Gasteiger charge is -2.26. The van der Waals surface area contributed by atoms with Crippen LogP contribution in [0, 0.1) is 30.3 Å². The van der Waals surface area contributed by atoms with E-state index in [1.807, 2.05) is 24.3 Å². The van der Waals surface area contributed by atoms with Gasteiger partial charge in [-0.1, -0.05) is 96.3 Å². The van der Waals surface area contributed by atoms with Crippen LogP contribution in [0.15, 0.2) is 97.1 Å². The molecule has 0 atom stereocenters. The molecule has 3 N–H and O–H groups in total. The summed E-state index contributed by atoms with van der Waals surface area (Å²) in [6, 6.07) is 25.9. The predicted octanol–water partition coefficient (Wildman–Crippen LogP) is 7.73. The number of nitrogen functional groups attached to an aromatic ring is 1. The number of nitrogens with zero attached hydrogens (tertiary/aromatic N) is 5. The Hall–Kier alpha value is -4.64. The maximum atomic E-state index is 10.8. The molecule has 2 saturated heterocycles. The Balaban J connectivity index is 0.000000277. The molecule has 0 aliphatic carbocycles. The fourth-order valence-corrected chi connectivity index (χ4v) is 5.22. The monoisotopic (exact) mass is 1040 g/mol. The zero-order valence-electron chi connectivity index (χ0n) is 33.4. The first-order valence-corrected chi connectivity index (χ1v) is 22.3. The van der Waals surface area contributed by atoms with Crippen molar-refractivity contribution in [3.8, 4) is 23.0 Å². The van der Waals surface area contributed by atoms with E-state index in [0.29, 0.717) is 42.3 Å². The third kappa shape index (κ3) is 22.1. The number of phenols is 1. The van der Waals surface area contributed by atoms with Crippen molar-refractivity contribution in [2.24, 2.45) is 0 Å². The maximum absolute atomic E-state index is 10.8. The minimum Gasteiger partial charge on any atom is -0.502 e. The normalized spacial score (nSPS) is 13.4. The lowest BCUT2D eigenvalue weighted by molar-refractivity contribution is -0.386. The number of halogens is 3. The molecular weight excluding hydrogens is 996 g/mol. The highest BCUT2D eigenvalue weighted by Gasteiger charge is 2.16. The van der Waals surface area contributed by atoms with Gasteiger partial charge in [-0.3, -0.25) is 40.1 Å². The third-order valence-electron chi connectivity index (χ3n) is 8.07. The van der Waals surface area contributed by atoms with Crippen LogP contribution in [0.3, 0.4) is 0 Å². The first-order chi connectivity index (χ1) is 29.5. The van der Waals surface area contributed by atoms with E-state index < -0.39 is 14.8 Å². The molecule has 4 aromatic carbocycles. The van der Waals surface area contributed by atoms with Crippen LogP contribution in [0.5, 0.6) is 23.0 Å². The van der Waals surface area contributed by atoms with Crippen LogP contribution in [0.2, 0.25) is 0 Å². The molecule has 61 heavy (non-hydrogen) atoms. The first-order valence-electron chi connectivity index (χ1n) is 18.9. The van der Waals surface area contributed by atoms with Crippen molar-refractivity contribution in [3.05, 3.63) is 127 Å². The summed E-state index contributed by atoms with van der Waals surface area (Å²) in [6.45, 7) is 10.1. The molecule has 0 unspecified atom stereocenters. The van der Waals surface area contributed by atoms with E-state index in [2.05, 4.69) is 57.6 Å². The summed E-state index contributed by atoms with van der Waals surface area (Å²) < 4.78 is 26.8. The van der Waals surface area contributed by atoms with E-state index in [9.17, 15) is 30.3 Å². The Bertz CT molecular complexity index is 1850. The fraction of sp³-hybridized carbons (Fsp3) is 0.400. The summed E-state index contributed by atoms with van der Waals surface area (Å²) in [7, 11) is 0. The molecule has 0 radical (unpaired) electrons. The number of rotatable bonds is 15. The number of aromatic hydroxyl groups is 1. The standard InChI is InChI=1S/C12H16N2O4.C12H18N2O2.C8H8BrNO3.C6H5NO3.C2H4Br2/c15-14(16)11-3-1-2-4-12(11)18-10-7-13-5-8-17-9-6-13;13-11-3-1-2-4-12(11)16-10-7-14-5-8-15-9-6-14;9-5-6-13-8-4-2-1-3-7(8)10(11)12;8-6-4-2-1-3-5(6)7(9)10;3-1-2-4/h1-4H,5-10H2;1-4H,5-10,13H2;1-4H,5-6H2;1-4,8H;1-2H2. The fourth-order valence-electron chi connectivity index (χ4n) is 5.06. The number of alkyl halides is 3. The van der Waals surface area contributed by atoms with Crippen LogP contribution in [-0.2, 0) is 9.47 Å². The minimum atomic E-state index is -0.630. The average molecular weight is 1050 g/mol. The molecule has 2 fully saturated rings. The molecule has 0 bridgehead atoms. The average Bonchev–Trinajstić information content (AvgIpc) is 3.28. The largest absolute Gasteiger partial charge is 0.502 e. The smallest absolute Gasteiger partial charge is 0.310 e. The summed E-state index contributed by atoms with van der Waals surface area (Å²) in [5, 5.41) is 42.9. The highest BCUT2D eigenvalue weighted by atomic mass is 79.9. The molecule has 6 rings (SSSR count). The SMILES string of the molecule is BrCCBr.Nc1ccccc1OCCN1CCOCC1.O=[N+]([O-])c1ccccc1O.O=[N+]([O-])c1ccccc1OCCBr.O=[N+]([O-])c1ccccc1OCCN1CCOCC1. The van der Waals surface area contributed by atoms with Crippen molar-refractivity contribution in [2.75, 3.05) is 107 Å². The second-order valence-corrected chi connectivity index (χ2v) is 14.6. The van der Waals surface area contributed by atoms with Crippen molar-refractivity contribution in [1.82, 2.24) is 9.80 Å².